The summed E-state index contributed by atoms with van der Waals surface area (Å²) in [6.07, 6.45) is 9.81. The van der Waals surface area contributed by atoms with E-state index in [9.17, 15) is 13.5 Å². The van der Waals surface area contributed by atoms with Crippen molar-refractivity contribution >= 4 is 9.84 Å². The second-order valence-corrected chi connectivity index (χ2v) is 8.77. The Kier molecular flexibility index (Phi) is 4.90. The zero-order valence-electron chi connectivity index (χ0n) is 11.9. The van der Waals surface area contributed by atoms with Crippen molar-refractivity contribution in [2.75, 3.05) is 19.4 Å². The van der Waals surface area contributed by atoms with Gasteiger partial charge >= 0.3 is 0 Å². The summed E-state index contributed by atoms with van der Waals surface area (Å²) >= 11 is 0. The first-order valence-corrected chi connectivity index (χ1v) is 9.45. The van der Waals surface area contributed by atoms with Crippen LogP contribution in [0.25, 0.3) is 0 Å². The van der Waals surface area contributed by atoms with E-state index in [-0.39, 0.29) is 23.3 Å². The molecule has 4 nitrogen and oxygen atoms in total. The third-order valence-corrected chi connectivity index (χ3v) is 6.66. The predicted molar refractivity (Wildman–Crippen MR) is 76.9 cm³/mol. The van der Waals surface area contributed by atoms with Gasteiger partial charge in [-0.1, -0.05) is 25.7 Å². The van der Waals surface area contributed by atoms with Gasteiger partial charge in [0.1, 0.15) is 0 Å². The number of aliphatic hydroxyl groups excluding tert-OH is 1. The molecule has 2 aliphatic carbocycles. The molecule has 0 bridgehead atoms. The number of nitrogens with one attached hydrogen (secondary N) is 1. The van der Waals surface area contributed by atoms with Crippen LogP contribution in [0.2, 0.25) is 0 Å². The molecule has 0 aromatic carbocycles. The van der Waals surface area contributed by atoms with Crippen molar-refractivity contribution in [3.05, 3.63) is 0 Å². The highest BCUT2D eigenvalue weighted by Crippen LogP contribution is 2.36. The van der Waals surface area contributed by atoms with Crippen LogP contribution < -0.4 is 5.32 Å². The number of rotatable bonds is 5. The largest absolute Gasteiger partial charge is 0.396 e. The molecular formula is C14H27NO3S. The molecule has 0 amide bonds. The predicted octanol–water partition coefficient (Wildman–Crippen LogP) is 1.48. The molecule has 2 rings (SSSR count). The Morgan fingerprint density at radius 2 is 1.84 bits per heavy atom. The zero-order chi connectivity index (χ0) is 13.9. The van der Waals surface area contributed by atoms with E-state index >= 15 is 0 Å². The average molecular weight is 289 g/mol. The summed E-state index contributed by atoms with van der Waals surface area (Å²) in [5.41, 5.74) is -0.0110. The molecule has 0 aromatic heterocycles. The number of hydrogen-bond acceptors (Lipinski definition) is 4. The highest BCUT2D eigenvalue weighted by atomic mass is 32.2. The SMILES string of the molecule is CS(=O)(=O)C1CCCC1NCC1(CO)CCCCC1. The van der Waals surface area contributed by atoms with Crippen LogP contribution in [-0.4, -0.2) is 44.2 Å². The molecule has 0 heterocycles. The summed E-state index contributed by atoms with van der Waals surface area (Å²) in [6, 6.07) is 0.0837. The topological polar surface area (TPSA) is 66.4 Å². The molecule has 2 aliphatic rings. The normalized spacial score (nSPS) is 31.5. The lowest BCUT2D eigenvalue weighted by molar-refractivity contribution is 0.0786. The quantitative estimate of drug-likeness (QED) is 0.804. The summed E-state index contributed by atoms with van der Waals surface area (Å²) in [5, 5.41) is 12.9. The molecule has 19 heavy (non-hydrogen) atoms. The monoisotopic (exact) mass is 289 g/mol. The first-order valence-electron chi connectivity index (χ1n) is 7.50. The van der Waals surface area contributed by atoms with Crippen molar-refractivity contribution in [3.8, 4) is 0 Å². The fourth-order valence-corrected chi connectivity index (χ4v) is 5.14. The van der Waals surface area contributed by atoms with Crippen molar-refractivity contribution in [2.45, 2.75) is 62.7 Å². The van der Waals surface area contributed by atoms with E-state index in [1.165, 1.54) is 25.5 Å². The minimum absolute atomic E-state index is 0.0110. The Morgan fingerprint density at radius 1 is 1.16 bits per heavy atom. The van der Waals surface area contributed by atoms with Crippen LogP contribution >= 0.6 is 0 Å². The van der Waals surface area contributed by atoms with Crippen LogP contribution in [0.1, 0.15) is 51.4 Å². The van der Waals surface area contributed by atoms with Crippen LogP contribution in [0.3, 0.4) is 0 Å². The first kappa shape index (κ1) is 15.3. The third kappa shape index (κ3) is 3.70. The summed E-state index contributed by atoms with van der Waals surface area (Å²) in [5.74, 6) is 0. The van der Waals surface area contributed by atoms with Crippen molar-refractivity contribution in [3.63, 3.8) is 0 Å². The van der Waals surface area contributed by atoms with Crippen LogP contribution in [-0.2, 0) is 9.84 Å². The Labute approximate surface area is 116 Å². The molecule has 2 unspecified atom stereocenters. The van der Waals surface area contributed by atoms with Gasteiger partial charge in [-0.25, -0.2) is 8.42 Å². The summed E-state index contributed by atoms with van der Waals surface area (Å²) < 4.78 is 23.5. The Hall–Kier alpha value is -0.130. The summed E-state index contributed by atoms with van der Waals surface area (Å²) in [7, 11) is -2.96. The Balaban J connectivity index is 1.93. The lowest BCUT2D eigenvalue weighted by Crippen LogP contribution is -2.47. The zero-order valence-corrected chi connectivity index (χ0v) is 12.7. The fraction of sp³-hybridized carbons (Fsp3) is 1.00. The Morgan fingerprint density at radius 3 is 2.42 bits per heavy atom. The molecule has 0 aliphatic heterocycles. The molecule has 5 heteroatoms. The molecule has 112 valence electrons. The van der Waals surface area contributed by atoms with Gasteiger partial charge < -0.3 is 10.4 Å². The van der Waals surface area contributed by atoms with E-state index in [1.54, 1.807) is 0 Å². The molecule has 2 atom stereocenters. The van der Waals surface area contributed by atoms with Crippen LogP contribution in [0, 0.1) is 5.41 Å². The summed E-state index contributed by atoms with van der Waals surface area (Å²) in [6.45, 7) is 0.983. The standard InChI is InChI=1S/C14H27NO3S/c1-19(17,18)13-7-5-6-12(13)15-10-14(11-16)8-3-2-4-9-14/h12-13,15-16H,2-11H2,1H3. The lowest BCUT2D eigenvalue weighted by Gasteiger charge is -2.37. The maximum atomic E-state index is 11.8. The van der Waals surface area contributed by atoms with Gasteiger partial charge in [-0.2, -0.15) is 0 Å². The van der Waals surface area contributed by atoms with E-state index in [4.69, 9.17) is 0 Å². The third-order valence-electron chi connectivity index (χ3n) is 4.99. The second kappa shape index (κ2) is 6.10. The van der Waals surface area contributed by atoms with Crippen molar-refractivity contribution in [2.24, 2.45) is 5.41 Å². The van der Waals surface area contributed by atoms with Crippen molar-refractivity contribution in [1.29, 1.82) is 0 Å². The van der Waals surface area contributed by atoms with Crippen molar-refractivity contribution < 1.29 is 13.5 Å². The lowest BCUT2D eigenvalue weighted by atomic mass is 9.74. The maximum absolute atomic E-state index is 11.8. The molecule has 2 fully saturated rings. The molecule has 0 radical (unpaired) electrons. The van der Waals surface area contributed by atoms with Crippen LogP contribution in [0.4, 0.5) is 0 Å². The van der Waals surface area contributed by atoms with Crippen LogP contribution in [0.15, 0.2) is 0 Å². The minimum atomic E-state index is -2.96. The van der Waals surface area contributed by atoms with Crippen molar-refractivity contribution in [1.82, 2.24) is 5.32 Å². The van der Waals surface area contributed by atoms with Gasteiger partial charge in [0.25, 0.3) is 0 Å². The molecule has 2 N–H and O–H groups in total. The Bertz CT molecular complexity index is 387. The highest BCUT2D eigenvalue weighted by Gasteiger charge is 2.37. The van der Waals surface area contributed by atoms with Gasteiger partial charge in [-0.3, -0.25) is 0 Å². The van der Waals surface area contributed by atoms with E-state index in [2.05, 4.69) is 5.32 Å². The molecular weight excluding hydrogens is 262 g/mol. The molecule has 0 aromatic rings. The molecule has 2 saturated carbocycles. The van der Waals surface area contributed by atoms with Gasteiger partial charge in [0, 0.05) is 30.9 Å². The smallest absolute Gasteiger partial charge is 0.151 e. The molecule has 0 spiro atoms. The summed E-state index contributed by atoms with van der Waals surface area (Å²) in [4.78, 5) is 0. The average Bonchev–Trinajstić information content (AvgIpc) is 2.86. The van der Waals surface area contributed by atoms with Gasteiger partial charge in [0.15, 0.2) is 9.84 Å². The second-order valence-electron chi connectivity index (χ2n) is 6.51. The van der Waals surface area contributed by atoms with Crippen LogP contribution in [0.5, 0.6) is 0 Å². The fourth-order valence-electron chi connectivity index (χ4n) is 3.71. The maximum Gasteiger partial charge on any atom is 0.151 e. The van der Waals surface area contributed by atoms with E-state index in [0.29, 0.717) is 0 Å². The number of hydrogen-bond donors (Lipinski definition) is 2. The first-order chi connectivity index (χ1) is 8.97. The van der Waals surface area contributed by atoms with E-state index < -0.39 is 9.84 Å². The van der Waals surface area contributed by atoms with Gasteiger partial charge in [0.2, 0.25) is 0 Å². The molecule has 0 saturated heterocycles. The minimum Gasteiger partial charge on any atom is -0.396 e. The van der Waals surface area contributed by atoms with E-state index in [0.717, 1.165) is 38.6 Å². The van der Waals surface area contributed by atoms with Gasteiger partial charge in [0.05, 0.1) is 5.25 Å². The van der Waals surface area contributed by atoms with E-state index in [1.807, 2.05) is 0 Å². The highest BCUT2D eigenvalue weighted by molar-refractivity contribution is 7.91. The van der Waals surface area contributed by atoms with Gasteiger partial charge in [-0.05, 0) is 25.7 Å². The number of sulfone groups is 1. The number of aliphatic hydroxyl groups is 1. The van der Waals surface area contributed by atoms with Gasteiger partial charge in [-0.15, -0.1) is 0 Å².